The van der Waals surface area contributed by atoms with Gasteiger partial charge in [-0.05, 0) is 30.9 Å². The first-order valence-electron chi connectivity index (χ1n) is 5.85. The van der Waals surface area contributed by atoms with Crippen LogP contribution in [0.5, 0.6) is 0 Å². The summed E-state index contributed by atoms with van der Waals surface area (Å²) in [5, 5.41) is 23.3. The summed E-state index contributed by atoms with van der Waals surface area (Å²) < 4.78 is 0.719. The fraction of sp³-hybridized carbons (Fsp3) is 0.500. The maximum atomic E-state index is 10.6. The minimum atomic E-state index is -0.414. The summed E-state index contributed by atoms with van der Waals surface area (Å²) in [5.74, 6) is 0. The summed E-state index contributed by atoms with van der Waals surface area (Å²) >= 11 is 3.34. The third-order valence-electron chi connectivity index (χ3n) is 3.51. The normalized spacial score (nSPS) is 17.2. The Morgan fingerprint density at radius 1 is 1.50 bits per heavy atom. The Hall–Kier alpha value is -0.980. The fourth-order valence-electron chi connectivity index (χ4n) is 2.07. The molecule has 6 heteroatoms. The van der Waals surface area contributed by atoms with Crippen molar-refractivity contribution in [2.24, 2.45) is 0 Å². The topological polar surface area (TPSA) is 75.4 Å². The lowest BCUT2D eigenvalue weighted by molar-refractivity contribution is -0.384. The quantitative estimate of drug-likeness (QED) is 0.646. The van der Waals surface area contributed by atoms with Crippen molar-refractivity contribution in [3.63, 3.8) is 0 Å². The molecule has 0 heterocycles. The minimum absolute atomic E-state index is 0.0751. The van der Waals surface area contributed by atoms with E-state index in [9.17, 15) is 15.2 Å². The molecule has 0 saturated heterocycles. The predicted octanol–water partition coefficient (Wildman–Crippen LogP) is 2.36. The van der Waals surface area contributed by atoms with Gasteiger partial charge in [0.05, 0.1) is 11.5 Å². The highest BCUT2D eigenvalue weighted by Crippen LogP contribution is 2.32. The standard InChI is InChI=1S/C12H15BrN2O3/c13-11-6-10(15(17)18)3-2-9(11)7-14-12(8-16)4-1-5-12/h2-3,6,14,16H,1,4-5,7-8H2. The summed E-state index contributed by atoms with van der Waals surface area (Å²) in [6, 6.07) is 4.73. The van der Waals surface area contributed by atoms with Crippen molar-refractivity contribution in [3.8, 4) is 0 Å². The molecule has 0 amide bonds. The van der Waals surface area contributed by atoms with Crippen LogP contribution in [0.25, 0.3) is 0 Å². The first kappa shape index (κ1) is 13.5. The zero-order valence-electron chi connectivity index (χ0n) is 9.86. The molecule has 2 N–H and O–H groups in total. The van der Waals surface area contributed by atoms with Crippen LogP contribution in [-0.2, 0) is 6.54 Å². The number of benzene rings is 1. The van der Waals surface area contributed by atoms with Crippen molar-refractivity contribution in [1.82, 2.24) is 5.32 Å². The highest BCUT2D eigenvalue weighted by atomic mass is 79.9. The van der Waals surface area contributed by atoms with Crippen molar-refractivity contribution >= 4 is 21.6 Å². The number of nitro groups is 1. The van der Waals surface area contributed by atoms with Gasteiger partial charge in [-0.25, -0.2) is 0 Å². The van der Waals surface area contributed by atoms with E-state index in [1.807, 2.05) is 0 Å². The van der Waals surface area contributed by atoms with Crippen LogP contribution >= 0.6 is 15.9 Å². The van der Waals surface area contributed by atoms with E-state index in [1.54, 1.807) is 6.07 Å². The number of nitrogens with zero attached hydrogens (tertiary/aromatic N) is 1. The maximum absolute atomic E-state index is 10.6. The van der Waals surface area contributed by atoms with Crippen LogP contribution in [0, 0.1) is 10.1 Å². The highest BCUT2D eigenvalue weighted by Gasteiger charge is 2.35. The smallest absolute Gasteiger partial charge is 0.270 e. The number of nitro benzene ring substituents is 1. The van der Waals surface area contributed by atoms with Gasteiger partial charge >= 0.3 is 0 Å². The lowest BCUT2D eigenvalue weighted by Crippen LogP contribution is -2.53. The van der Waals surface area contributed by atoms with Crippen LogP contribution in [0.4, 0.5) is 5.69 Å². The molecule has 0 aliphatic heterocycles. The Kier molecular flexibility index (Phi) is 3.99. The van der Waals surface area contributed by atoms with Gasteiger partial charge in [0.15, 0.2) is 0 Å². The van der Waals surface area contributed by atoms with Crippen LogP contribution in [0.3, 0.4) is 0 Å². The van der Waals surface area contributed by atoms with Crippen molar-refractivity contribution in [2.75, 3.05) is 6.61 Å². The molecule has 1 saturated carbocycles. The summed E-state index contributed by atoms with van der Waals surface area (Å²) in [6.07, 6.45) is 3.09. The summed E-state index contributed by atoms with van der Waals surface area (Å²) in [6.45, 7) is 0.733. The lowest BCUT2D eigenvalue weighted by atomic mass is 9.77. The van der Waals surface area contributed by atoms with Gasteiger partial charge < -0.3 is 10.4 Å². The van der Waals surface area contributed by atoms with E-state index >= 15 is 0 Å². The van der Waals surface area contributed by atoms with Gasteiger partial charge in [-0.3, -0.25) is 10.1 Å². The van der Waals surface area contributed by atoms with E-state index in [4.69, 9.17) is 0 Å². The summed E-state index contributed by atoms with van der Waals surface area (Å²) in [5.41, 5.74) is 0.882. The zero-order valence-corrected chi connectivity index (χ0v) is 11.4. The number of rotatable bonds is 5. The van der Waals surface area contributed by atoms with Crippen LogP contribution in [0.2, 0.25) is 0 Å². The molecule has 1 aliphatic rings. The molecule has 2 rings (SSSR count). The van der Waals surface area contributed by atoms with Crippen molar-refractivity contribution in [1.29, 1.82) is 0 Å². The average Bonchev–Trinajstić information content (AvgIpc) is 2.29. The molecule has 0 spiro atoms. The van der Waals surface area contributed by atoms with E-state index in [2.05, 4.69) is 21.2 Å². The SMILES string of the molecule is O=[N+]([O-])c1ccc(CNC2(CO)CCC2)c(Br)c1. The second-order valence-electron chi connectivity index (χ2n) is 4.68. The first-order chi connectivity index (χ1) is 8.56. The molecule has 5 nitrogen and oxygen atoms in total. The van der Waals surface area contributed by atoms with Crippen LogP contribution in [-0.4, -0.2) is 22.2 Å². The van der Waals surface area contributed by atoms with Crippen LogP contribution in [0.15, 0.2) is 22.7 Å². The van der Waals surface area contributed by atoms with E-state index in [0.717, 1.165) is 29.3 Å². The molecular weight excluding hydrogens is 300 g/mol. The molecule has 0 radical (unpaired) electrons. The number of aliphatic hydroxyl groups excluding tert-OH is 1. The average molecular weight is 315 g/mol. The fourth-order valence-corrected chi connectivity index (χ4v) is 2.58. The lowest BCUT2D eigenvalue weighted by Gasteiger charge is -2.41. The van der Waals surface area contributed by atoms with Crippen molar-refractivity contribution in [2.45, 2.75) is 31.3 Å². The Morgan fingerprint density at radius 3 is 2.67 bits per heavy atom. The second-order valence-corrected chi connectivity index (χ2v) is 5.53. The molecule has 0 aromatic heterocycles. The minimum Gasteiger partial charge on any atom is -0.394 e. The molecule has 18 heavy (non-hydrogen) atoms. The van der Waals surface area contributed by atoms with Gasteiger partial charge in [0, 0.05) is 28.7 Å². The number of aliphatic hydroxyl groups is 1. The molecule has 1 aliphatic carbocycles. The molecule has 98 valence electrons. The number of halogens is 1. The van der Waals surface area contributed by atoms with Gasteiger partial charge in [0.2, 0.25) is 0 Å². The molecule has 0 unspecified atom stereocenters. The maximum Gasteiger partial charge on any atom is 0.270 e. The van der Waals surface area contributed by atoms with E-state index in [0.29, 0.717) is 6.54 Å². The molecule has 0 atom stereocenters. The number of nitrogens with one attached hydrogen (secondary N) is 1. The number of hydrogen-bond donors (Lipinski definition) is 2. The molecule has 0 bridgehead atoms. The van der Waals surface area contributed by atoms with E-state index in [1.165, 1.54) is 12.1 Å². The van der Waals surface area contributed by atoms with Crippen molar-refractivity contribution in [3.05, 3.63) is 38.3 Å². The molecule has 1 aromatic rings. The third kappa shape index (κ3) is 2.71. The number of hydrogen-bond acceptors (Lipinski definition) is 4. The Morgan fingerprint density at radius 2 is 2.22 bits per heavy atom. The first-order valence-corrected chi connectivity index (χ1v) is 6.64. The third-order valence-corrected chi connectivity index (χ3v) is 4.25. The van der Waals surface area contributed by atoms with Crippen molar-refractivity contribution < 1.29 is 10.0 Å². The Balaban J connectivity index is 2.03. The second kappa shape index (κ2) is 5.34. The molecule has 1 aromatic carbocycles. The summed E-state index contributed by atoms with van der Waals surface area (Å²) in [7, 11) is 0. The monoisotopic (exact) mass is 314 g/mol. The molecule has 1 fully saturated rings. The van der Waals surface area contributed by atoms with Gasteiger partial charge in [0.1, 0.15) is 0 Å². The number of non-ortho nitro benzene ring substituents is 1. The van der Waals surface area contributed by atoms with Crippen LogP contribution < -0.4 is 5.32 Å². The van der Waals surface area contributed by atoms with E-state index in [-0.39, 0.29) is 17.8 Å². The predicted molar refractivity (Wildman–Crippen MR) is 71.3 cm³/mol. The van der Waals surface area contributed by atoms with E-state index < -0.39 is 4.92 Å². The van der Waals surface area contributed by atoms with Gasteiger partial charge in [-0.15, -0.1) is 0 Å². The summed E-state index contributed by atoms with van der Waals surface area (Å²) in [4.78, 5) is 10.2. The highest BCUT2D eigenvalue weighted by molar-refractivity contribution is 9.10. The Labute approximate surface area is 113 Å². The van der Waals surface area contributed by atoms with Crippen LogP contribution in [0.1, 0.15) is 24.8 Å². The Bertz CT molecular complexity index is 455. The van der Waals surface area contributed by atoms with Gasteiger partial charge in [-0.1, -0.05) is 15.9 Å². The zero-order chi connectivity index (χ0) is 13.2. The van der Waals surface area contributed by atoms with Gasteiger partial charge in [0.25, 0.3) is 5.69 Å². The molecular formula is C12H15BrN2O3. The largest absolute Gasteiger partial charge is 0.394 e. The van der Waals surface area contributed by atoms with Gasteiger partial charge in [-0.2, -0.15) is 0 Å².